The normalized spacial score (nSPS) is 15.8. The molecule has 30 heavy (non-hydrogen) atoms. The summed E-state index contributed by atoms with van der Waals surface area (Å²) >= 11 is 0. The molecule has 2 aliphatic heterocycles. The minimum Gasteiger partial charge on any atom is -0.454 e. The van der Waals surface area contributed by atoms with Crippen LogP contribution in [0, 0.1) is 0 Å². The number of hydrogen-bond acceptors (Lipinski definition) is 4. The van der Waals surface area contributed by atoms with Crippen molar-refractivity contribution in [3.63, 3.8) is 0 Å². The van der Waals surface area contributed by atoms with E-state index in [1.807, 2.05) is 60.9 Å². The third-order valence-corrected chi connectivity index (χ3v) is 5.47. The number of para-hydroxylation sites is 2. The molecule has 0 fully saturated rings. The first-order chi connectivity index (χ1) is 14.8. The van der Waals surface area contributed by atoms with Gasteiger partial charge in [0.2, 0.25) is 12.9 Å². The van der Waals surface area contributed by atoms with E-state index in [0.717, 1.165) is 50.6 Å². The fraction of sp³-hybridized carbons (Fsp3) is 0.0400. The summed E-state index contributed by atoms with van der Waals surface area (Å²) in [4.78, 5) is 4.26. The molecule has 4 heterocycles. The van der Waals surface area contributed by atoms with E-state index >= 15 is 0 Å². The zero-order valence-electron chi connectivity index (χ0n) is 15.9. The Kier molecular flexibility index (Phi) is 3.69. The summed E-state index contributed by atoms with van der Waals surface area (Å²) in [5, 5.41) is 9.58. The molecule has 0 amide bonds. The lowest BCUT2D eigenvalue weighted by molar-refractivity contribution is -0.730. The van der Waals surface area contributed by atoms with Crippen molar-refractivity contribution in [2.75, 3.05) is 0 Å². The summed E-state index contributed by atoms with van der Waals surface area (Å²) in [6.07, 6.45) is 7.22. The maximum absolute atomic E-state index is 9.58. The number of aromatic nitrogens is 2. The Balaban J connectivity index is 1.76. The summed E-state index contributed by atoms with van der Waals surface area (Å²) in [7, 11) is 0. The van der Waals surface area contributed by atoms with Gasteiger partial charge < -0.3 is 14.6 Å². The number of aliphatic hydroxyl groups is 1. The van der Waals surface area contributed by atoms with Crippen LogP contribution in [-0.2, 0) is 6.73 Å². The minimum absolute atomic E-state index is 0.116. The highest BCUT2D eigenvalue weighted by Gasteiger charge is 2.32. The molecule has 5 nitrogen and oxygen atoms in total. The number of fused-ring (bicyclic) bond motifs is 4. The van der Waals surface area contributed by atoms with Gasteiger partial charge in [0.05, 0.1) is 6.20 Å². The molecule has 2 aromatic carbocycles. The first-order valence-corrected chi connectivity index (χ1v) is 9.71. The molecule has 1 N–H and O–H groups in total. The van der Waals surface area contributed by atoms with Crippen LogP contribution < -0.4 is 14.0 Å². The zero-order chi connectivity index (χ0) is 20.1. The van der Waals surface area contributed by atoms with E-state index < -0.39 is 0 Å². The summed E-state index contributed by atoms with van der Waals surface area (Å²) in [6, 6.07) is 20.0. The quantitative estimate of drug-likeness (QED) is 0.417. The van der Waals surface area contributed by atoms with Crippen molar-refractivity contribution in [3.05, 3.63) is 108 Å². The number of benzene rings is 2. The Labute approximate surface area is 173 Å². The molecule has 0 aliphatic carbocycles. The third kappa shape index (κ3) is 2.46. The van der Waals surface area contributed by atoms with Gasteiger partial charge in [-0.3, -0.25) is 4.98 Å². The molecule has 6 rings (SSSR count). The lowest BCUT2D eigenvalue weighted by atomic mass is 9.83. The second kappa shape index (κ2) is 6.54. The van der Waals surface area contributed by atoms with Crippen LogP contribution in [0.1, 0.15) is 22.3 Å². The van der Waals surface area contributed by atoms with E-state index in [9.17, 15) is 5.11 Å². The predicted molar refractivity (Wildman–Crippen MR) is 111 cm³/mol. The first-order valence-electron chi connectivity index (χ1n) is 9.71. The van der Waals surface area contributed by atoms with E-state index in [4.69, 9.17) is 9.47 Å². The molecule has 0 radical (unpaired) electrons. The number of hydrogen-bond donors (Lipinski definition) is 1. The van der Waals surface area contributed by atoms with Gasteiger partial charge in [0.25, 0.3) is 0 Å². The molecule has 0 spiro atoms. The average molecular weight is 393 g/mol. The van der Waals surface area contributed by atoms with Crippen LogP contribution in [0.15, 0.2) is 85.5 Å². The van der Waals surface area contributed by atoms with Crippen LogP contribution in [0.3, 0.4) is 0 Å². The molecule has 0 saturated heterocycles. The second-order valence-electron chi connectivity index (χ2n) is 7.20. The van der Waals surface area contributed by atoms with E-state index in [1.54, 1.807) is 17.0 Å². The third-order valence-electron chi connectivity index (χ3n) is 5.47. The van der Waals surface area contributed by atoms with Crippen LogP contribution in [0.2, 0.25) is 0 Å². The summed E-state index contributed by atoms with van der Waals surface area (Å²) in [6.45, 7) is -0.116. The highest BCUT2D eigenvalue weighted by Crippen LogP contribution is 2.52. The van der Waals surface area contributed by atoms with Gasteiger partial charge in [-0.15, -0.1) is 0 Å². The highest BCUT2D eigenvalue weighted by atomic mass is 16.5. The van der Waals surface area contributed by atoms with Crippen molar-refractivity contribution in [1.29, 1.82) is 0 Å². The second-order valence-corrected chi connectivity index (χ2v) is 7.20. The van der Waals surface area contributed by atoms with Gasteiger partial charge in [-0.2, -0.15) is 4.57 Å². The van der Waals surface area contributed by atoms with Gasteiger partial charge in [0, 0.05) is 45.7 Å². The molecular weight excluding hydrogens is 376 g/mol. The topological polar surface area (TPSA) is 55.5 Å². The van der Waals surface area contributed by atoms with Gasteiger partial charge in [0.1, 0.15) is 11.5 Å². The number of nitrogens with zero attached hydrogens (tertiary/aromatic N) is 2. The molecule has 0 unspecified atom stereocenters. The lowest BCUT2D eigenvalue weighted by Crippen LogP contribution is -2.33. The van der Waals surface area contributed by atoms with Crippen molar-refractivity contribution < 1.29 is 19.1 Å². The van der Waals surface area contributed by atoms with Crippen molar-refractivity contribution >= 4 is 11.1 Å². The Morgan fingerprint density at radius 2 is 1.30 bits per heavy atom. The Morgan fingerprint density at radius 1 is 0.700 bits per heavy atom. The van der Waals surface area contributed by atoms with Gasteiger partial charge >= 0.3 is 0 Å². The maximum Gasteiger partial charge on any atom is 0.250 e. The number of ether oxygens (including phenoxy) is 2. The van der Waals surface area contributed by atoms with Gasteiger partial charge in [0.15, 0.2) is 17.7 Å². The molecule has 4 aromatic rings. The fourth-order valence-electron chi connectivity index (χ4n) is 4.15. The van der Waals surface area contributed by atoms with Gasteiger partial charge in [-0.1, -0.05) is 36.4 Å². The number of aliphatic hydroxyl groups excluding tert-OH is 1. The van der Waals surface area contributed by atoms with Crippen LogP contribution in [0.4, 0.5) is 0 Å². The molecule has 0 bridgehead atoms. The van der Waals surface area contributed by atoms with Gasteiger partial charge in [-0.05, 0) is 18.2 Å². The van der Waals surface area contributed by atoms with Crippen molar-refractivity contribution in [2.24, 2.45) is 0 Å². The van der Waals surface area contributed by atoms with Gasteiger partial charge in [-0.25, -0.2) is 0 Å². The SMILES string of the molecule is OC[n+]1ccc2c(c1)Oc1ccccc1C2=C1c2ccccc2Oc2cnccc21. The molecule has 5 heteroatoms. The zero-order valence-corrected chi connectivity index (χ0v) is 15.9. The minimum atomic E-state index is -0.116. The lowest BCUT2D eigenvalue weighted by Gasteiger charge is -2.28. The molecular formula is C25H17N2O3+. The molecule has 2 aliphatic rings. The van der Waals surface area contributed by atoms with Crippen LogP contribution >= 0.6 is 0 Å². The number of pyridine rings is 2. The summed E-state index contributed by atoms with van der Waals surface area (Å²) in [5.41, 5.74) is 6.13. The summed E-state index contributed by atoms with van der Waals surface area (Å²) < 4.78 is 14.0. The Morgan fingerprint density at radius 3 is 2.00 bits per heavy atom. The molecule has 0 atom stereocenters. The smallest absolute Gasteiger partial charge is 0.250 e. The predicted octanol–water partition coefficient (Wildman–Crippen LogP) is 4.54. The number of rotatable bonds is 1. The van der Waals surface area contributed by atoms with Crippen molar-refractivity contribution in [1.82, 2.24) is 4.98 Å². The maximum atomic E-state index is 9.58. The molecule has 144 valence electrons. The summed E-state index contributed by atoms with van der Waals surface area (Å²) in [5.74, 6) is 3.01. The van der Waals surface area contributed by atoms with E-state index in [0.29, 0.717) is 5.75 Å². The van der Waals surface area contributed by atoms with Crippen molar-refractivity contribution in [2.45, 2.75) is 6.73 Å². The van der Waals surface area contributed by atoms with E-state index in [-0.39, 0.29) is 6.73 Å². The first kappa shape index (κ1) is 16.9. The van der Waals surface area contributed by atoms with Crippen molar-refractivity contribution in [3.8, 4) is 23.0 Å². The van der Waals surface area contributed by atoms with Crippen LogP contribution in [-0.4, -0.2) is 10.1 Å². The van der Waals surface area contributed by atoms with Crippen LogP contribution in [0.25, 0.3) is 11.1 Å². The largest absolute Gasteiger partial charge is 0.454 e. The Hall–Kier alpha value is -3.96. The molecule has 2 aromatic heterocycles. The monoisotopic (exact) mass is 393 g/mol. The average Bonchev–Trinajstić information content (AvgIpc) is 2.81. The van der Waals surface area contributed by atoms with E-state index in [1.165, 1.54) is 0 Å². The highest BCUT2D eigenvalue weighted by molar-refractivity contribution is 6.09. The Bertz CT molecular complexity index is 1300. The molecule has 0 saturated carbocycles. The fourth-order valence-corrected chi connectivity index (χ4v) is 4.15. The van der Waals surface area contributed by atoms with Crippen LogP contribution in [0.5, 0.6) is 23.0 Å². The van der Waals surface area contributed by atoms with E-state index in [2.05, 4.69) is 17.1 Å². The standard InChI is InChI=1S/C25H17N2O3/c28-15-27-12-10-19-23(14-27)30-21-8-4-2-6-17(21)25(19)24-16-5-1-3-7-20(16)29-22-13-26-11-9-18(22)24/h1-14,28H,15H2/q+1.